The topological polar surface area (TPSA) is 29.5 Å². The maximum absolute atomic E-state index is 14.4. The molecule has 0 saturated carbocycles. The van der Waals surface area contributed by atoms with Gasteiger partial charge in [-0.25, -0.2) is 8.78 Å². The zero-order valence-electron chi connectivity index (χ0n) is 13.3. The minimum atomic E-state index is -0.962. The normalized spacial score (nSPS) is 10.9. The Morgan fingerprint density at radius 2 is 2.04 bits per heavy atom. The molecule has 0 aliphatic heterocycles. The molecule has 0 fully saturated rings. The predicted molar refractivity (Wildman–Crippen MR) is 86.8 cm³/mol. The molecule has 2 aromatic rings. The molecule has 0 radical (unpaired) electrons. The van der Waals surface area contributed by atoms with Gasteiger partial charge >= 0.3 is 0 Å². The number of halogens is 2. The van der Waals surface area contributed by atoms with Crippen molar-refractivity contribution in [3.63, 3.8) is 0 Å². The maximum atomic E-state index is 14.4. The fraction of sp³-hybridized carbons (Fsp3) is 0.353. The van der Waals surface area contributed by atoms with E-state index >= 15 is 0 Å². The Morgan fingerprint density at radius 1 is 1.30 bits per heavy atom. The monoisotopic (exact) mass is 339 g/mol. The van der Waals surface area contributed by atoms with E-state index in [-0.39, 0.29) is 11.5 Å². The van der Waals surface area contributed by atoms with Crippen LogP contribution in [0, 0.1) is 17.6 Å². The molecule has 1 heterocycles. The molecule has 23 heavy (non-hydrogen) atoms. The van der Waals surface area contributed by atoms with Gasteiger partial charge in [0.15, 0.2) is 17.4 Å². The van der Waals surface area contributed by atoms with Crippen molar-refractivity contribution < 1.29 is 18.3 Å². The molecule has 0 aliphatic carbocycles. The third kappa shape index (κ3) is 4.07. The Bertz CT molecular complexity index is 671. The lowest BCUT2D eigenvalue weighted by atomic mass is 10.1. The first-order valence-corrected chi connectivity index (χ1v) is 8.20. The summed E-state index contributed by atoms with van der Waals surface area (Å²) in [5.74, 6) is -2.56. The lowest BCUT2D eigenvalue weighted by Crippen LogP contribution is -2.34. The van der Waals surface area contributed by atoms with Gasteiger partial charge in [-0.15, -0.1) is 0 Å². The Balaban J connectivity index is 2.33. The van der Waals surface area contributed by atoms with Gasteiger partial charge in [0.1, 0.15) is 0 Å². The highest BCUT2D eigenvalue weighted by Gasteiger charge is 2.24. The largest absolute Gasteiger partial charge is 0.491 e. The van der Waals surface area contributed by atoms with E-state index in [1.54, 1.807) is 4.90 Å². The summed E-state index contributed by atoms with van der Waals surface area (Å²) in [6, 6.07) is 4.14. The summed E-state index contributed by atoms with van der Waals surface area (Å²) in [4.78, 5) is 14.3. The molecule has 0 aliphatic rings. The molecule has 124 valence electrons. The van der Waals surface area contributed by atoms with E-state index in [4.69, 9.17) is 4.74 Å². The Labute approximate surface area is 138 Å². The van der Waals surface area contributed by atoms with Gasteiger partial charge < -0.3 is 9.64 Å². The van der Waals surface area contributed by atoms with Crippen molar-refractivity contribution in [1.82, 2.24) is 4.90 Å². The fourth-order valence-corrected chi connectivity index (χ4v) is 2.98. The average Bonchev–Trinajstić information content (AvgIpc) is 2.99. The van der Waals surface area contributed by atoms with Crippen LogP contribution in [-0.2, 0) is 6.54 Å². The first-order valence-electron chi connectivity index (χ1n) is 7.26. The van der Waals surface area contributed by atoms with Gasteiger partial charge in [-0.2, -0.15) is 11.3 Å². The van der Waals surface area contributed by atoms with E-state index in [0.717, 1.165) is 17.7 Å². The number of hydrogen-bond donors (Lipinski definition) is 0. The van der Waals surface area contributed by atoms with Crippen molar-refractivity contribution in [2.45, 2.75) is 20.4 Å². The minimum absolute atomic E-state index is 0.181. The summed E-state index contributed by atoms with van der Waals surface area (Å²) in [6.07, 6.45) is 0. The summed E-state index contributed by atoms with van der Waals surface area (Å²) in [7, 11) is 1.17. The van der Waals surface area contributed by atoms with Crippen LogP contribution in [0.4, 0.5) is 8.78 Å². The van der Waals surface area contributed by atoms with Crippen molar-refractivity contribution in [2.75, 3.05) is 13.7 Å². The highest BCUT2D eigenvalue weighted by molar-refractivity contribution is 7.07. The highest BCUT2D eigenvalue weighted by atomic mass is 32.1. The van der Waals surface area contributed by atoms with Crippen LogP contribution in [0.3, 0.4) is 0 Å². The van der Waals surface area contributed by atoms with Gasteiger partial charge in [0.05, 0.1) is 12.7 Å². The number of carbonyl (C=O) groups is 1. The highest BCUT2D eigenvalue weighted by Crippen LogP contribution is 2.26. The fourth-order valence-electron chi connectivity index (χ4n) is 2.32. The van der Waals surface area contributed by atoms with Gasteiger partial charge in [-0.1, -0.05) is 13.8 Å². The van der Waals surface area contributed by atoms with Crippen molar-refractivity contribution >= 4 is 17.2 Å². The van der Waals surface area contributed by atoms with E-state index in [1.165, 1.54) is 18.4 Å². The van der Waals surface area contributed by atoms with Crippen LogP contribution in [0.2, 0.25) is 0 Å². The number of rotatable bonds is 6. The molecule has 0 atom stereocenters. The Hall–Kier alpha value is -1.95. The number of nitrogens with zero attached hydrogens (tertiary/aromatic N) is 1. The summed E-state index contributed by atoms with van der Waals surface area (Å²) >= 11 is 1.54. The number of ether oxygens (including phenoxy) is 1. The van der Waals surface area contributed by atoms with Crippen LogP contribution in [0.1, 0.15) is 29.8 Å². The molecule has 3 nitrogen and oxygen atoms in total. The Kier molecular flexibility index (Phi) is 5.71. The van der Waals surface area contributed by atoms with Gasteiger partial charge in [-0.3, -0.25) is 4.79 Å². The van der Waals surface area contributed by atoms with Crippen LogP contribution in [0.25, 0.3) is 0 Å². The smallest absolute Gasteiger partial charge is 0.257 e. The van der Waals surface area contributed by atoms with Crippen LogP contribution in [-0.4, -0.2) is 24.5 Å². The summed E-state index contributed by atoms with van der Waals surface area (Å²) < 4.78 is 32.6. The number of hydrogen-bond acceptors (Lipinski definition) is 3. The van der Waals surface area contributed by atoms with Gasteiger partial charge in [0.25, 0.3) is 5.91 Å². The quantitative estimate of drug-likeness (QED) is 0.784. The van der Waals surface area contributed by atoms with E-state index in [1.807, 2.05) is 30.7 Å². The number of carbonyl (C=O) groups excluding carboxylic acids is 1. The second-order valence-corrected chi connectivity index (χ2v) is 6.43. The standard InChI is InChI=1S/C17H19F2NO2S/c1-11(2)8-20(9-12-6-7-23-10-12)17(21)13-4-5-14(18)16(22-3)15(13)19/h4-7,10-11H,8-9H2,1-3H3. The second kappa shape index (κ2) is 7.55. The molecule has 0 unspecified atom stereocenters. The van der Waals surface area contributed by atoms with E-state index < -0.39 is 23.3 Å². The van der Waals surface area contributed by atoms with E-state index in [9.17, 15) is 13.6 Å². The molecule has 0 bridgehead atoms. The van der Waals surface area contributed by atoms with E-state index in [0.29, 0.717) is 13.1 Å². The summed E-state index contributed by atoms with van der Waals surface area (Å²) in [5, 5.41) is 3.87. The third-order valence-corrected chi connectivity index (χ3v) is 4.04. The molecule has 2 rings (SSSR count). The molecule has 0 spiro atoms. The average molecular weight is 339 g/mol. The second-order valence-electron chi connectivity index (χ2n) is 5.65. The van der Waals surface area contributed by atoms with Gasteiger partial charge in [0, 0.05) is 13.1 Å². The summed E-state index contributed by atoms with van der Waals surface area (Å²) in [5.41, 5.74) is 0.803. The number of thiophene rings is 1. The van der Waals surface area contributed by atoms with Gasteiger partial charge in [0.2, 0.25) is 0 Å². The number of benzene rings is 1. The molecule has 0 saturated heterocycles. The van der Waals surface area contributed by atoms with Crippen LogP contribution < -0.4 is 4.74 Å². The first kappa shape index (κ1) is 17.4. The molecular formula is C17H19F2NO2S. The Morgan fingerprint density at radius 3 is 2.61 bits per heavy atom. The van der Waals surface area contributed by atoms with Crippen molar-refractivity contribution in [2.24, 2.45) is 5.92 Å². The first-order chi connectivity index (χ1) is 10.9. The van der Waals surface area contributed by atoms with E-state index in [2.05, 4.69) is 0 Å². The third-order valence-electron chi connectivity index (χ3n) is 3.31. The minimum Gasteiger partial charge on any atom is -0.491 e. The summed E-state index contributed by atoms with van der Waals surface area (Å²) in [6.45, 7) is 4.83. The van der Waals surface area contributed by atoms with Crippen LogP contribution >= 0.6 is 11.3 Å². The molecule has 1 aromatic heterocycles. The van der Waals surface area contributed by atoms with Crippen molar-refractivity contribution in [3.05, 3.63) is 51.7 Å². The zero-order valence-corrected chi connectivity index (χ0v) is 14.1. The van der Waals surface area contributed by atoms with Crippen molar-refractivity contribution in [3.8, 4) is 5.75 Å². The van der Waals surface area contributed by atoms with Crippen LogP contribution in [0.15, 0.2) is 29.0 Å². The number of methoxy groups -OCH3 is 1. The van der Waals surface area contributed by atoms with Gasteiger partial charge in [-0.05, 0) is 40.4 Å². The maximum Gasteiger partial charge on any atom is 0.257 e. The molecule has 1 aromatic carbocycles. The van der Waals surface area contributed by atoms with Crippen molar-refractivity contribution in [1.29, 1.82) is 0 Å². The molecular weight excluding hydrogens is 320 g/mol. The lowest BCUT2D eigenvalue weighted by Gasteiger charge is -2.25. The molecule has 6 heteroatoms. The lowest BCUT2D eigenvalue weighted by molar-refractivity contribution is 0.0717. The predicted octanol–water partition coefficient (Wildman–Crippen LogP) is 4.33. The molecule has 0 N–H and O–H groups in total. The zero-order chi connectivity index (χ0) is 17.0. The van der Waals surface area contributed by atoms with Crippen LogP contribution in [0.5, 0.6) is 5.75 Å². The SMILES string of the molecule is COc1c(F)ccc(C(=O)N(Cc2ccsc2)CC(C)C)c1F. The molecule has 1 amide bonds. The number of amides is 1.